The van der Waals surface area contributed by atoms with E-state index in [-0.39, 0.29) is 5.91 Å². The van der Waals surface area contributed by atoms with Gasteiger partial charge in [-0.25, -0.2) is 4.79 Å². The van der Waals surface area contributed by atoms with Gasteiger partial charge in [-0.05, 0) is 18.6 Å². The number of hydrogen-bond donors (Lipinski definition) is 1. The number of rotatable bonds is 3. The molecule has 1 aliphatic rings. The minimum absolute atomic E-state index is 0.251. The van der Waals surface area contributed by atoms with Crippen molar-refractivity contribution in [3.8, 4) is 0 Å². The van der Waals surface area contributed by atoms with Crippen molar-refractivity contribution in [3.05, 3.63) is 41.5 Å². The number of carbonyl (C=O) groups is 2. The van der Waals surface area contributed by atoms with E-state index in [4.69, 9.17) is 5.11 Å². The van der Waals surface area contributed by atoms with Crippen LogP contribution in [0.15, 0.2) is 30.3 Å². The lowest BCUT2D eigenvalue weighted by Gasteiger charge is -2.18. The predicted octanol–water partition coefficient (Wildman–Crippen LogP) is 1.99. The molecule has 1 unspecified atom stereocenters. The van der Waals surface area contributed by atoms with Gasteiger partial charge in [0.25, 0.3) is 0 Å². The molecule has 1 N–H and O–H groups in total. The van der Waals surface area contributed by atoms with E-state index in [0.717, 1.165) is 11.1 Å². The average molecular weight is 277 g/mol. The Labute approximate surface area is 116 Å². The second-order valence-corrected chi connectivity index (χ2v) is 5.41. The van der Waals surface area contributed by atoms with Crippen molar-refractivity contribution in [2.45, 2.75) is 13.0 Å². The van der Waals surface area contributed by atoms with E-state index in [0.29, 0.717) is 11.6 Å². The Hall–Kier alpha value is -1.75. The molecular formula is C14H15NO3S. The summed E-state index contributed by atoms with van der Waals surface area (Å²) in [6.45, 7) is 1.98. The number of nitrogens with zero attached hydrogens (tertiary/aromatic N) is 1. The lowest BCUT2D eigenvalue weighted by atomic mass is 10.1. The Morgan fingerprint density at radius 1 is 1.47 bits per heavy atom. The van der Waals surface area contributed by atoms with Crippen molar-refractivity contribution in [2.75, 3.05) is 11.6 Å². The summed E-state index contributed by atoms with van der Waals surface area (Å²) in [6.07, 6.45) is 3.16. The van der Waals surface area contributed by atoms with Gasteiger partial charge in [0.2, 0.25) is 5.91 Å². The van der Waals surface area contributed by atoms with Gasteiger partial charge >= 0.3 is 5.97 Å². The van der Waals surface area contributed by atoms with Gasteiger partial charge in [0.1, 0.15) is 6.04 Å². The fraction of sp³-hybridized carbons (Fsp3) is 0.286. The van der Waals surface area contributed by atoms with E-state index in [2.05, 4.69) is 0 Å². The zero-order valence-electron chi connectivity index (χ0n) is 10.6. The second-order valence-electron chi connectivity index (χ2n) is 4.41. The number of amides is 1. The SMILES string of the molecule is Cc1cccc(/C=C/C(=O)N2CSCC2C(=O)O)c1. The number of carbonyl (C=O) groups excluding carboxylic acids is 1. The monoisotopic (exact) mass is 277 g/mol. The highest BCUT2D eigenvalue weighted by molar-refractivity contribution is 7.99. The first-order valence-corrected chi connectivity index (χ1v) is 7.09. The second kappa shape index (κ2) is 5.93. The molecule has 0 radical (unpaired) electrons. The molecule has 1 fully saturated rings. The smallest absolute Gasteiger partial charge is 0.327 e. The van der Waals surface area contributed by atoms with Crippen LogP contribution in [0.25, 0.3) is 6.08 Å². The first-order chi connectivity index (χ1) is 9.08. The van der Waals surface area contributed by atoms with Crippen LogP contribution < -0.4 is 0 Å². The number of hydrogen-bond acceptors (Lipinski definition) is 3. The van der Waals surface area contributed by atoms with Gasteiger partial charge in [-0.3, -0.25) is 4.79 Å². The first kappa shape index (κ1) is 13.7. The van der Waals surface area contributed by atoms with Crippen LogP contribution in [-0.4, -0.2) is 39.6 Å². The van der Waals surface area contributed by atoms with Crippen molar-refractivity contribution in [1.82, 2.24) is 4.90 Å². The van der Waals surface area contributed by atoms with Crippen molar-refractivity contribution in [1.29, 1.82) is 0 Å². The summed E-state index contributed by atoms with van der Waals surface area (Å²) in [4.78, 5) is 24.4. The molecular weight excluding hydrogens is 262 g/mol. The Bertz CT molecular complexity index is 527. The topological polar surface area (TPSA) is 57.6 Å². The highest BCUT2D eigenvalue weighted by Gasteiger charge is 2.33. The summed E-state index contributed by atoms with van der Waals surface area (Å²) in [5, 5.41) is 9.02. The van der Waals surface area contributed by atoms with Gasteiger partial charge in [0.15, 0.2) is 0 Å². The lowest BCUT2D eigenvalue weighted by molar-refractivity contribution is -0.146. The highest BCUT2D eigenvalue weighted by atomic mass is 32.2. The maximum Gasteiger partial charge on any atom is 0.327 e. The number of aliphatic carboxylic acids is 1. The minimum Gasteiger partial charge on any atom is -0.480 e. The largest absolute Gasteiger partial charge is 0.480 e. The molecule has 1 amide bonds. The maximum absolute atomic E-state index is 12.0. The molecule has 100 valence electrons. The molecule has 1 saturated heterocycles. The number of carboxylic acid groups (broad SMARTS) is 1. The highest BCUT2D eigenvalue weighted by Crippen LogP contribution is 2.21. The molecule has 1 atom stereocenters. The molecule has 0 spiro atoms. The quantitative estimate of drug-likeness (QED) is 0.858. The Morgan fingerprint density at radius 3 is 2.95 bits per heavy atom. The third-order valence-electron chi connectivity index (χ3n) is 2.91. The van der Waals surface area contributed by atoms with E-state index in [9.17, 15) is 9.59 Å². The maximum atomic E-state index is 12.0. The summed E-state index contributed by atoms with van der Waals surface area (Å²) >= 11 is 1.46. The Kier molecular flexibility index (Phi) is 4.27. The molecule has 1 heterocycles. The van der Waals surface area contributed by atoms with E-state index in [1.807, 2.05) is 31.2 Å². The predicted molar refractivity (Wildman–Crippen MR) is 75.8 cm³/mol. The van der Waals surface area contributed by atoms with Gasteiger partial charge in [0.05, 0.1) is 5.88 Å². The van der Waals surface area contributed by atoms with Crippen LogP contribution in [0.5, 0.6) is 0 Å². The van der Waals surface area contributed by atoms with Crippen molar-refractivity contribution >= 4 is 29.7 Å². The van der Waals surface area contributed by atoms with Crippen molar-refractivity contribution < 1.29 is 14.7 Å². The van der Waals surface area contributed by atoms with Crippen LogP contribution in [0, 0.1) is 6.92 Å². The Morgan fingerprint density at radius 2 is 2.26 bits per heavy atom. The van der Waals surface area contributed by atoms with E-state index in [1.165, 1.54) is 22.7 Å². The summed E-state index contributed by atoms with van der Waals surface area (Å²) in [7, 11) is 0. The average Bonchev–Trinajstić information content (AvgIpc) is 2.85. The molecule has 2 rings (SSSR count). The normalized spacial score (nSPS) is 19.0. The molecule has 1 aromatic rings. The molecule has 0 aromatic heterocycles. The molecule has 4 nitrogen and oxygen atoms in total. The van der Waals surface area contributed by atoms with Crippen LogP contribution in [0.4, 0.5) is 0 Å². The Balaban J connectivity index is 2.06. The van der Waals surface area contributed by atoms with Crippen LogP contribution in [-0.2, 0) is 9.59 Å². The summed E-state index contributed by atoms with van der Waals surface area (Å²) in [6, 6.07) is 7.07. The van der Waals surface area contributed by atoms with Gasteiger partial charge in [-0.2, -0.15) is 0 Å². The molecule has 0 saturated carbocycles. The standard InChI is InChI=1S/C14H15NO3S/c1-10-3-2-4-11(7-10)5-6-13(16)15-9-19-8-12(15)14(17)18/h2-7,12H,8-9H2,1H3,(H,17,18)/b6-5+. The molecule has 1 aromatic carbocycles. The van der Waals surface area contributed by atoms with Crippen LogP contribution in [0.1, 0.15) is 11.1 Å². The minimum atomic E-state index is -0.942. The van der Waals surface area contributed by atoms with E-state index < -0.39 is 12.0 Å². The molecule has 0 bridgehead atoms. The van der Waals surface area contributed by atoms with Crippen LogP contribution in [0.2, 0.25) is 0 Å². The van der Waals surface area contributed by atoms with E-state index >= 15 is 0 Å². The number of carboxylic acids is 1. The van der Waals surface area contributed by atoms with Gasteiger partial charge in [-0.1, -0.05) is 29.8 Å². The van der Waals surface area contributed by atoms with Crippen LogP contribution in [0.3, 0.4) is 0 Å². The first-order valence-electron chi connectivity index (χ1n) is 5.94. The fourth-order valence-electron chi connectivity index (χ4n) is 1.90. The fourth-order valence-corrected chi connectivity index (χ4v) is 3.06. The summed E-state index contributed by atoms with van der Waals surface area (Å²) in [5.41, 5.74) is 2.06. The molecule has 5 heteroatoms. The lowest BCUT2D eigenvalue weighted by Crippen LogP contribution is -2.40. The van der Waals surface area contributed by atoms with Crippen LogP contribution >= 0.6 is 11.8 Å². The van der Waals surface area contributed by atoms with Gasteiger partial charge in [-0.15, -0.1) is 11.8 Å². The third-order valence-corrected chi connectivity index (χ3v) is 3.92. The zero-order chi connectivity index (χ0) is 13.8. The molecule has 19 heavy (non-hydrogen) atoms. The summed E-state index contributed by atoms with van der Waals surface area (Å²) < 4.78 is 0. The van der Waals surface area contributed by atoms with Crippen molar-refractivity contribution in [2.24, 2.45) is 0 Å². The summed E-state index contributed by atoms with van der Waals surface area (Å²) in [5.74, 6) is -0.297. The molecule has 0 aliphatic carbocycles. The van der Waals surface area contributed by atoms with Gasteiger partial charge < -0.3 is 10.0 Å². The van der Waals surface area contributed by atoms with Crippen molar-refractivity contribution in [3.63, 3.8) is 0 Å². The number of benzene rings is 1. The van der Waals surface area contributed by atoms with Gasteiger partial charge in [0, 0.05) is 11.8 Å². The van der Waals surface area contributed by atoms with E-state index in [1.54, 1.807) is 6.08 Å². The molecule has 1 aliphatic heterocycles. The third kappa shape index (κ3) is 3.38. The number of thioether (sulfide) groups is 1. The number of aryl methyl sites for hydroxylation is 1. The zero-order valence-corrected chi connectivity index (χ0v) is 11.4.